The summed E-state index contributed by atoms with van der Waals surface area (Å²) in [6, 6.07) is 1.57. The standard InChI is InChI=1S/C23H28FN9O10P2S2/c1-44(36,46)41-6-23-5-39-15(20(42-23)32-7-28-12-9(25)2-3-27-17(12)32)16(23)43-45(37,38)40-4-10-11(24)14(34)21(47-10)33-8-29-13-18(33)30-22(26)31-19(13)35/h2-3,7-8,10-11,14-16,20-21,34H,4-6H2,1H3,(H2,25,27)(H,36,46)(H,37,38)(H3,26,30,31,35)/t10-,11+,14-,15-,16+,20-,21-,23-,44?/m1/s1. The summed E-state index contributed by atoms with van der Waals surface area (Å²) in [6.07, 6.45) is -2.73. The van der Waals surface area contributed by atoms with Crippen molar-refractivity contribution in [2.75, 3.05) is 38.0 Å². The van der Waals surface area contributed by atoms with Gasteiger partial charge in [0.2, 0.25) is 5.95 Å². The van der Waals surface area contributed by atoms with Crippen LogP contribution in [0, 0.1) is 0 Å². The van der Waals surface area contributed by atoms with Crippen molar-refractivity contribution in [3.05, 3.63) is 35.3 Å². The van der Waals surface area contributed by atoms with E-state index in [4.69, 9.17) is 46.3 Å². The van der Waals surface area contributed by atoms with Gasteiger partial charge in [0, 0.05) is 12.9 Å². The molecule has 2 bridgehead atoms. The summed E-state index contributed by atoms with van der Waals surface area (Å²) in [5.41, 5.74) is 10.6. The van der Waals surface area contributed by atoms with Crippen molar-refractivity contribution in [1.29, 1.82) is 0 Å². The molecule has 4 aromatic heterocycles. The Morgan fingerprint density at radius 2 is 1.96 bits per heavy atom. The topological polar surface area (TPSA) is 270 Å². The van der Waals surface area contributed by atoms with Gasteiger partial charge in [-0.2, -0.15) is 4.98 Å². The molecular formula is C23H28FN9O10P2S2. The number of aromatic nitrogens is 7. The lowest BCUT2D eigenvalue weighted by Crippen LogP contribution is -2.45. The lowest BCUT2D eigenvalue weighted by Gasteiger charge is -2.32. The number of nitrogens with one attached hydrogen (secondary N) is 1. The number of phosphoric ester groups is 1. The second-order valence-corrected chi connectivity index (χ2v) is 17.9. The SMILES string of the molecule is CP(O)(=S)OC[C@@]12CO[C@@H]([C@H](n3cnc4c(N)ccnc43)O1)[C@@H]2OP(=O)(O)OC[C@H]1S[C@@H](n2cnc3c(=O)[nH]c(N)nc32)[C@H](O)[C@H]1F. The molecule has 3 saturated heterocycles. The van der Waals surface area contributed by atoms with E-state index in [0.29, 0.717) is 16.9 Å². The molecule has 47 heavy (non-hydrogen) atoms. The minimum Gasteiger partial charge on any atom is -0.397 e. The van der Waals surface area contributed by atoms with Crippen LogP contribution in [0.3, 0.4) is 0 Å². The fourth-order valence-corrected chi connectivity index (χ4v) is 8.93. The number of aliphatic hydroxyl groups excluding tert-OH is 1. The first-order valence-electron chi connectivity index (χ1n) is 13.8. The highest BCUT2D eigenvalue weighted by molar-refractivity contribution is 8.09. The maximum absolute atomic E-state index is 15.3. The number of anilines is 2. The summed E-state index contributed by atoms with van der Waals surface area (Å²) in [7, 11) is -4.98. The Balaban J connectivity index is 1.10. The fourth-order valence-electron chi connectivity index (χ4n) is 5.79. The highest BCUT2D eigenvalue weighted by Gasteiger charge is 2.65. The van der Waals surface area contributed by atoms with E-state index in [1.807, 2.05) is 0 Å². The third-order valence-electron chi connectivity index (χ3n) is 7.95. The Labute approximate surface area is 272 Å². The van der Waals surface area contributed by atoms with Crippen LogP contribution in [0.1, 0.15) is 11.6 Å². The van der Waals surface area contributed by atoms with Gasteiger partial charge in [-0.1, -0.05) is 0 Å². The summed E-state index contributed by atoms with van der Waals surface area (Å²) in [5.74, 6) is -0.198. The number of pyridine rings is 1. The minimum absolute atomic E-state index is 0.0237. The molecular weight excluding hydrogens is 707 g/mol. The number of ether oxygens (including phenoxy) is 2. The summed E-state index contributed by atoms with van der Waals surface area (Å²) in [5, 5.41) is 8.53. The number of halogens is 1. The average Bonchev–Trinajstić information content (AvgIpc) is 3.80. The van der Waals surface area contributed by atoms with Crippen LogP contribution in [-0.2, 0) is 39.4 Å². The Hall–Kier alpha value is -2.59. The predicted octanol–water partition coefficient (Wildman–Crippen LogP) is 0.159. The lowest BCUT2D eigenvalue weighted by atomic mass is 10.0. The van der Waals surface area contributed by atoms with Crippen LogP contribution in [0.5, 0.6) is 0 Å². The number of aliphatic hydroxyl groups is 1. The van der Waals surface area contributed by atoms with E-state index >= 15 is 4.39 Å². The predicted molar refractivity (Wildman–Crippen MR) is 167 cm³/mol. The number of nitrogen functional groups attached to an aromatic ring is 2. The molecule has 0 radical (unpaired) electrons. The number of phosphoric acid groups is 1. The van der Waals surface area contributed by atoms with Crippen LogP contribution < -0.4 is 17.0 Å². The Kier molecular flexibility index (Phi) is 8.25. The van der Waals surface area contributed by atoms with Gasteiger partial charge in [0.05, 0.1) is 43.4 Å². The molecule has 254 valence electrons. The minimum atomic E-state index is -4.98. The molecule has 7 rings (SSSR count). The van der Waals surface area contributed by atoms with Crippen molar-refractivity contribution < 1.29 is 46.9 Å². The molecule has 2 unspecified atom stereocenters. The molecule has 7 heterocycles. The molecule has 0 spiro atoms. The van der Waals surface area contributed by atoms with Gasteiger partial charge in [0.25, 0.3) is 5.56 Å². The van der Waals surface area contributed by atoms with Crippen LogP contribution in [0.4, 0.5) is 16.0 Å². The smallest absolute Gasteiger partial charge is 0.397 e. The Morgan fingerprint density at radius 3 is 2.72 bits per heavy atom. The summed E-state index contributed by atoms with van der Waals surface area (Å²) in [4.78, 5) is 52.1. The average molecular weight is 736 g/mol. The number of alkyl halides is 1. The molecule has 24 heteroatoms. The first kappa shape index (κ1) is 32.9. The molecule has 3 aliphatic rings. The maximum Gasteiger partial charge on any atom is 0.472 e. The lowest BCUT2D eigenvalue weighted by molar-refractivity contribution is -0.182. The molecule has 10 atom stereocenters. The second-order valence-electron chi connectivity index (χ2n) is 11.2. The van der Waals surface area contributed by atoms with E-state index in [0.717, 1.165) is 11.8 Å². The van der Waals surface area contributed by atoms with E-state index in [1.165, 1.54) is 34.7 Å². The Morgan fingerprint density at radius 1 is 1.21 bits per heavy atom. The highest BCUT2D eigenvalue weighted by atomic mass is 32.5. The van der Waals surface area contributed by atoms with Crippen molar-refractivity contribution in [2.45, 2.75) is 46.9 Å². The molecule has 0 amide bonds. The van der Waals surface area contributed by atoms with E-state index in [9.17, 15) is 24.3 Å². The molecule has 19 nitrogen and oxygen atoms in total. The van der Waals surface area contributed by atoms with Crippen molar-refractivity contribution in [2.24, 2.45) is 0 Å². The third kappa shape index (κ3) is 5.89. The van der Waals surface area contributed by atoms with Crippen molar-refractivity contribution in [1.82, 2.24) is 34.1 Å². The monoisotopic (exact) mass is 735 g/mol. The number of hydrogen-bond donors (Lipinski definition) is 6. The first-order valence-corrected chi connectivity index (χ1v) is 19.4. The zero-order chi connectivity index (χ0) is 33.5. The number of nitrogens with zero attached hydrogens (tertiary/aromatic N) is 6. The van der Waals surface area contributed by atoms with Crippen molar-refractivity contribution >= 4 is 71.8 Å². The van der Waals surface area contributed by atoms with Gasteiger partial charge in [-0.25, -0.2) is 23.9 Å². The fraction of sp³-hybridized carbons (Fsp3) is 0.522. The van der Waals surface area contributed by atoms with Gasteiger partial charge in [-0.15, -0.1) is 11.8 Å². The number of nitrogens with two attached hydrogens (primary N) is 2. The summed E-state index contributed by atoms with van der Waals surface area (Å²) < 4.78 is 60.1. The van der Waals surface area contributed by atoms with Crippen LogP contribution in [0.25, 0.3) is 22.3 Å². The molecule has 3 fully saturated rings. The van der Waals surface area contributed by atoms with Crippen molar-refractivity contribution in [3.8, 4) is 0 Å². The summed E-state index contributed by atoms with van der Waals surface area (Å²) >= 11 is 5.89. The van der Waals surface area contributed by atoms with Crippen LogP contribution in [-0.4, -0.2) is 111 Å². The molecule has 3 aliphatic heterocycles. The van der Waals surface area contributed by atoms with Crippen LogP contribution >= 0.6 is 26.1 Å². The van der Waals surface area contributed by atoms with Gasteiger partial charge in [-0.05, 0) is 17.9 Å². The van der Waals surface area contributed by atoms with E-state index < -0.39 is 73.4 Å². The molecule has 0 aromatic carbocycles. The van der Waals surface area contributed by atoms with Crippen LogP contribution in [0.15, 0.2) is 29.7 Å². The van der Waals surface area contributed by atoms with E-state index in [-0.39, 0.29) is 30.3 Å². The quantitative estimate of drug-likeness (QED) is 0.118. The largest absolute Gasteiger partial charge is 0.472 e. The van der Waals surface area contributed by atoms with Gasteiger partial charge in [0.1, 0.15) is 41.0 Å². The number of rotatable bonds is 10. The highest BCUT2D eigenvalue weighted by Crippen LogP contribution is 2.57. The number of thioether (sulfide) groups is 1. The number of H-pyrrole nitrogens is 1. The molecule has 0 aliphatic carbocycles. The van der Waals surface area contributed by atoms with Gasteiger partial charge in [-0.3, -0.25) is 28.0 Å². The van der Waals surface area contributed by atoms with E-state index in [2.05, 4.69) is 24.9 Å². The Bertz CT molecular complexity index is 2010. The third-order valence-corrected chi connectivity index (χ3v) is 11.4. The number of hydrogen-bond acceptors (Lipinski definition) is 16. The maximum atomic E-state index is 15.3. The summed E-state index contributed by atoms with van der Waals surface area (Å²) in [6.45, 7) is -3.08. The second kappa shape index (κ2) is 11.8. The number of aromatic amines is 1. The van der Waals surface area contributed by atoms with Gasteiger partial charge < -0.3 is 40.4 Å². The normalized spacial score (nSPS) is 33.1. The molecule has 0 saturated carbocycles. The zero-order valence-corrected chi connectivity index (χ0v) is 27.5. The van der Waals surface area contributed by atoms with Gasteiger partial charge >= 0.3 is 7.82 Å². The molecule has 4 aromatic rings. The van der Waals surface area contributed by atoms with Crippen LogP contribution in [0.2, 0.25) is 0 Å². The first-order chi connectivity index (χ1) is 22.2. The number of imidazole rings is 2. The zero-order valence-electron chi connectivity index (χ0n) is 24.1. The van der Waals surface area contributed by atoms with Crippen molar-refractivity contribution in [3.63, 3.8) is 0 Å². The number of fused-ring (bicyclic) bond motifs is 4. The van der Waals surface area contributed by atoms with Gasteiger partial charge in [0.15, 0.2) is 29.5 Å². The van der Waals surface area contributed by atoms with E-state index in [1.54, 1.807) is 6.07 Å². The molecule has 8 N–H and O–H groups in total.